The number of carboxylic acids is 1. The van der Waals surface area contributed by atoms with Crippen LogP contribution in [-0.2, 0) is 11.2 Å². The third kappa shape index (κ3) is 8.47. The van der Waals surface area contributed by atoms with Gasteiger partial charge in [-0.2, -0.15) is 0 Å². The summed E-state index contributed by atoms with van der Waals surface area (Å²) in [6.07, 6.45) is 6.60. The number of aliphatic hydroxyl groups is 3. The van der Waals surface area contributed by atoms with Crippen LogP contribution in [0.15, 0.2) is 35.6 Å². The molecule has 1 saturated carbocycles. The molecule has 0 aliphatic heterocycles. The minimum Gasteiger partial charge on any atom is -0.512 e. The summed E-state index contributed by atoms with van der Waals surface area (Å²) in [5, 5.41) is 40.1. The maximum atomic E-state index is 10.6. The van der Waals surface area contributed by atoms with Gasteiger partial charge < -0.3 is 25.2 Å². The van der Waals surface area contributed by atoms with Crippen LogP contribution in [0.25, 0.3) is 0 Å². The molecular formula is C26H40O6. The number of benzene rings is 1. The Balaban J connectivity index is 1.79. The van der Waals surface area contributed by atoms with Crippen LogP contribution in [0.4, 0.5) is 0 Å². The normalized spacial score (nSPS) is 23.8. The summed E-state index contributed by atoms with van der Waals surface area (Å²) >= 11 is 0. The smallest absolute Gasteiger partial charge is 0.303 e. The summed E-state index contributed by atoms with van der Waals surface area (Å²) in [6.45, 7) is 1.95. The first-order valence-corrected chi connectivity index (χ1v) is 11.9. The molecule has 0 spiro atoms. The lowest BCUT2D eigenvalue weighted by Gasteiger charge is -2.23. The van der Waals surface area contributed by atoms with Crippen molar-refractivity contribution in [1.82, 2.24) is 0 Å². The predicted molar refractivity (Wildman–Crippen MR) is 125 cm³/mol. The van der Waals surface area contributed by atoms with Gasteiger partial charge in [0.2, 0.25) is 0 Å². The monoisotopic (exact) mass is 448 g/mol. The van der Waals surface area contributed by atoms with Gasteiger partial charge in [0, 0.05) is 12.8 Å². The van der Waals surface area contributed by atoms with E-state index in [1.165, 1.54) is 5.56 Å². The molecule has 1 fully saturated rings. The molecule has 1 aliphatic carbocycles. The molecule has 0 saturated heterocycles. The molecule has 1 aromatic carbocycles. The Hall–Kier alpha value is -2.05. The number of allylic oxidation sites excluding steroid dienone is 2. The maximum absolute atomic E-state index is 10.6. The van der Waals surface area contributed by atoms with Gasteiger partial charge in [-0.15, -0.1) is 0 Å². The maximum Gasteiger partial charge on any atom is 0.303 e. The Bertz CT molecular complexity index is 726. The second-order valence-corrected chi connectivity index (χ2v) is 9.16. The Morgan fingerprint density at radius 1 is 0.906 bits per heavy atom. The van der Waals surface area contributed by atoms with E-state index in [-0.39, 0.29) is 18.3 Å². The number of aryl methyl sites for hydroxylation is 1. The largest absolute Gasteiger partial charge is 0.512 e. The number of unbranched alkanes of at least 4 members (excludes halogenated alkanes) is 3. The zero-order valence-corrected chi connectivity index (χ0v) is 19.5. The second kappa shape index (κ2) is 13.5. The molecule has 4 N–H and O–H groups in total. The van der Waals surface area contributed by atoms with E-state index in [0.29, 0.717) is 31.4 Å². The zero-order valence-electron chi connectivity index (χ0n) is 19.5. The van der Waals surface area contributed by atoms with E-state index in [1.54, 1.807) is 7.11 Å². The van der Waals surface area contributed by atoms with Gasteiger partial charge >= 0.3 is 5.97 Å². The van der Waals surface area contributed by atoms with Crippen molar-refractivity contribution in [3.05, 3.63) is 41.2 Å². The molecule has 0 heterocycles. The molecular weight excluding hydrogens is 408 g/mol. The molecule has 6 heteroatoms. The third-order valence-electron chi connectivity index (χ3n) is 6.85. The molecule has 1 aromatic rings. The van der Waals surface area contributed by atoms with Crippen LogP contribution < -0.4 is 4.74 Å². The average Bonchev–Trinajstić information content (AvgIpc) is 3.04. The summed E-state index contributed by atoms with van der Waals surface area (Å²) in [7, 11) is 1.65. The topological polar surface area (TPSA) is 107 Å². The molecule has 1 aliphatic rings. The van der Waals surface area contributed by atoms with Crippen LogP contribution in [0.1, 0.15) is 76.7 Å². The molecule has 0 aromatic heterocycles. The van der Waals surface area contributed by atoms with Crippen LogP contribution in [0.5, 0.6) is 5.75 Å². The Kier molecular flexibility index (Phi) is 11.0. The highest BCUT2D eigenvalue weighted by atomic mass is 16.5. The van der Waals surface area contributed by atoms with E-state index in [9.17, 15) is 20.1 Å². The van der Waals surface area contributed by atoms with Crippen molar-refractivity contribution < 1.29 is 30.0 Å². The number of rotatable bonds is 14. The van der Waals surface area contributed by atoms with E-state index in [1.807, 2.05) is 31.2 Å². The number of aliphatic hydroxyl groups excluding tert-OH is 3. The van der Waals surface area contributed by atoms with Crippen LogP contribution in [0.3, 0.4) is 0 Å². The minimum absolute atomic E-state index is 0.0134. The molecule has 6 nitrogen and oxygen atoms in total. The lowest BCUT2D eigenvalue weighted by molar-refractivity contribution is -0.137. The summed E-state index contributed by atoms with van der Waals surface area (Å²) in [5.41, 5.74) is 2.15. The van der Waals surface area contributed by atoms with Crippen LogP contribution in [0.2, 0.25) is 0 Å². The lowest BCUT2D eigenvalue weighted by atomic mass is 9.85. The molecule has 0 unspecified atom stereocenters. The lowest BCUT2D eigenvalue weighted by Crippen LogP contribution is -2.22. The number of methoxy groups -OCH3 is 1. The minimum atomic E-state index is -0.758. The van der Waals surface area contributed by atoms with Gasteiger partial charge in [0.25, 0.3) is 0 Å². The molecule has 32 heavy (non-hydrogen) atoms. The van der Waals surface area contributed by atoms with Crippen molar-refractivity contribution in [2.75, 3.05) is 7.11 Å². The first-order chi connectivity index (χ1) is 15.3. The highest BCUT2D eigenvalue weighted by molar-refractivity contribution is 5.66. The van der Waals surface area contributed by atoms with Gasteiger partial charge in [-0.1, -0.05) is 31.4 Å². The van der Waals surface area contributed by atoms with Crippen molar-refractivity contribution in [3.8, 4) is 5.75 Å². The quantitative estimate of drug-likeness (QED) is 0.235. The third-order valence-corrected chi connectivity index (χ3v) is 6.85. The first kappa shape index (κ1) is 26.2. The summed E-state index contributed by atoms with van der Waals surface area (Å²) in [4.78, 5) is 10.6. The number of ether oxygens (including phenoxy) is 1. The molecule has 0 radical (unpaired) electrons. The van der Waals surface area contributed by atoms with Gasteiger partial charge in [0.15, 0.2) is 0 Å². The summed E-state index contributed by atoms with van der Waals surface area (Å²) < 4.78 is 5.18. The SMILES string of the molecule is COc1ccc(CC/C(C)=C(/O)CC[C@@H]2[C@@H](CCCCCCC(=O)O)[C@@H](O)C[C@H]2O)cc1. The Morgan fingerprint density at radius 2 is 1.53 bits per heavy atom. The fourth-order valence-electron chi connectivity index (χ4n) is 4.78. The van der Waals surface area contributed by atoms with E-state index in [4.69, 9.17) is 9.84 Å². The van der Waals surface area contributed by atoms with E-state index >= 15 is 0 Å². The van der Waals surface area contributed by atoms with Gasteiger partial charge in [-0.3, -0.25) is 4.79 Å². The fraction of sp³-hybridized carbons (Fsp3) is 0.654. The second-order valence-electron chi connectivity index (χ2n) is 9.16. The zero-order chi connectivity index (χ0) is 23.5. The van der Waals surface area contributed by atoms with Crippen molar-refractivity contribution >= 4 is 5.97 Å². The molecule has 0 amide bonds. The number of carbonyl (C=O) groups is 1. The van der Waals surface area contributed by atoms with Gasteiger partial charge in [0.05, 0.1) is 25.1 Å². The molecule has 180 valence electrons. The van der Waals surface area contributed by atoms with Crippen molar-refractivity contribution in [2.45, 2.75) is 89.8 Å². The molecule has 4 atom stereocenters. The molecule has 0 bridgehead atoms. The number of hydrogen-bond acceptors (Lipinski definition) is 5. The summed E-state index contributed by atoms with van der Waals surface area (Å²) in [5.74, 6) is 0.486. The summed E-state index contributed by atoms with van der Waals surface area (Å²) in [6, 6.07) is 7.94. The van der Waals surface area contributed by atoms with E-state index in [2.05, 4.69) is 0 Å². The van der Waals surface area contributed by atoms with Crippen LogP contribution in [-0.4, -0.2) is 45.7 Å². The first-order valence-electron chi connectivity index (χ1n) is 11.9. The Morgan fingerprint density at radius 3 is 2.16 bits per heavy atom. The van der Waals surface area contributed by atoms with Crippen molar-refractivity contribution in [3.63, 3.8) is 0 Å². The number of hydrogen-bond donors (Lipinski definition) is 4. The highest BCUT2D eigenvalue weighted by Gasteiger charge is 2.40. The predicted octanol–water partition coefficient (Wildman–Crippen LogP) is 5.02. The highest BCUT2D eigenvalue weighted by Crippen LogP contribution is 2.39. The average molecular weight is 449 g/mol. The molecule has 2 rings (SSSR count). The van der Waals surface area contributed by atoms with Gasteiger partial charge in [0.1, 0.15) is 5.75 Å². The standard InChI is InChI=1S/C26H40O6/c1-18(9-10-19-11-13-20(32-2)14-12-19)23(27)16-15-22-21(24(28)17-25(22)29)7-5-3-4-6-8-26(30)31/h11-14,21-22,24-25,27-29H,3-10,15-17H2,1-2H3,(H,30,31)/b23-18+/t21-,22-,24+,25-/m1/s1. The van der Waals surface area contributed by atoms with Crippen molar-refractivity contribution in [2.24, 2.45) is 11.8 Å². The van der Waals surface area contributed by atoms with E-state index < -0.39 is 18.2 Å². The number of carboxylic acid groups (broad SMARTS) is 1. The van der Waals surface area contributed by atoms with Crippen LogP contribution in [0, 0.1) is 11.8 Å². The Labute approximate surface area is 191 Å². The van der Waals surface area contributed by atoms with Gasteiger partial charge in [-0.25, -0.2) is 0 Å². The van der Waals surface area contributed by atoms with Crippen molar-refractivity contribution in [1.29, 1.82) is 0 Å². The van der Waals surface area contributed by atoms with E-state index in [0.717, 1.165) is 49.8 Å². The number of aliphatic carboxylic acids is 1. The van der Waals surface area contributed by atoms with Gasteiger partial charge in [-0.05, 0) is 80.6 Å². The van der Waals surface area contributed by atoms with Crippen LogP contribution >= 0.6 is 0 Å². The fourth-order valence-corrected chi connectivity index (χ4v) is 4.78.